The van der Waals surface area contributed by atoms with Crippen molar-refractivity contribution < 1.29 is 9.18 Å². The highest BCUT2D eigenvalue weighted by Gasteiger charge is 2.19. The van der Waals surface area contributed by atoms with Crippen molar-refractivity contribution in [2.45, 2.75) is 33.7 Å². The zero-order valence-electron chi connectivity index (χ0n) is 16.4. The monoisotopic (exact) mass is 409 g/mol. The smallest absolute Gasteiger partial charge is 0.272 e. The molecular weight excluding hydrogens is 389 g/mol. The van der Waals surface area contributed by atoms with Gasteiger partial charge < -0.3 is 5.32 Å². The maximum atomic E-state index is 14.3. The van der Waals surface area contributed by atoms with Gasteiger partial charge in [-0.2, -0.15) is 0 Å². The molecule has 2 heterocycles. The summed E-state index contributed by atoms with van der Waals surface area (Å²) < 4.78 is 16.7. The number of nitrogens with one attached hydrogen (secondary N) is 1. The molecule has 1 amide bonds. The second-order valence-corrected chi connectivity index (χ2v) is 8.08. The highest BCUT2D eigenvalue weighted by molar-refractivity contribution is 7.25. The fraction of sp³-hybridized carbons (Fsp3) is 0.227. The van der Waals surface area contributed by atoms with Crippen LogP contribution in [0.15, 0.2) is 41.2 Å². The highest BCUT2D eigenvalue weighted by atomic mass is 32.1. The van der Waals surface area contributed by atoms with Crippen molar-refractivity contribution in [2.75, 3.05) is 5.32 Å². The van der Waals surface area contributed by atoms with E-state index in [0.29, 0.717) is 38.2 Å². The van der Waals surface area contributed by atoms with Crippen LogP contribution >= 0.6 is 11.3 Å². The number of aromatic nitrogens is 2. The number of thiophene rings is 1. The third kappa shape index (κ3) is 3.42. The number of amides is 1. The van der Waals surface area contributed by atoms with Gasteiger partial charge >= 0.3 is 0 Å². The molecule has 0 aliphatic heterocycles. The molecule has 7 heteroatoms. The molecule has 4 aromatic rings. The minimum Gasteiger partial charge on any atom is -0.324 e. The summed E-state index contributed by atoms with van der Waals surface area (Å²) in [4.78, 5) is 30.3. The molecular formula is C22H20FN3O2S. The fourth-order valence-corrected chi connectivity index (χ4v) is 4.60. The number of benzene rings is 2. The maximum Gasteiger partial charge on any atom is 0.272 e. The van der Waals surface area contributed by atoms with Crippen LogP contribution in [0.1, 0.15) is 23.9 Å². The molecule has 5 nitrogen and oxygen atoms in total. The van der Waals surface area contributed by atoms with Crippen molar-refractivity contribution in [3.05, 3.63) is 69.5 Å². The SMILES string of the molecule is CCc1nc2c(sc3cccc(F)c32)c(=O)n1CC(=O)Nc1ccc(C)cc1C. The van der Waals surface area contributed by atoms with Gasteiger partial charge in [0.25, 0.3) is 5.56 Å². The van der Waals surface area contributed by atoms with Crippen molar-refractivity contribution in [2.24, 2.45) is 0 Å². The van der Waals surface area contributed by atoms with Crippen LogP contribution in [0.3, 0.4) is 0 Å². The molecule has 2 aromatic carbocycles. The molecule has 0 saturated heterocycles. The van der Waals surface area contributed by atoms with E-state index in [1.807, 2.05) is 39.0 Å². The lowest BCUT2D eigenvalue weighted by Gasteiger charge is -2.13. The number of hydrogen-bond donors (Lipinski definition) is 1. The van der Waals surface area contributed by atoms with Crippen LogP contribution in [-0.2, 0) is 17.8 Å². The molecule has 0 unspecified atom stereocenters. The number of rotatable bonds is 4. The lowest BCUT2D eigenvalue weighted by atomic mass is 10.1. The molecule has 0 aliphatic rings. The topological polar surface area (TPSA) is 64.0 Å². The Balaban J connectivity index is 1.76. The molecule has 29 heavy (non-hydrogen) atoms. The van der Waals surface area contributed by atoms with Crippen molar-refractivity contribution in [3.8, 4) is 0 Å². The van der Waals surface area contributed by atoms with Crippen LogP contribution in [-0.4, -0.2) is 15.5 Å². The predicted molar refractivity (Wildman–Crippen MR) is 115 cm³/mol. The fourth-order valence-electron chi connectivity index (χ4n) is 3.49. The van der Waals surface area contributed by atoms with Crippen LogP contribution < -0.4 is 10.9 Å². The number of anilines is 1. The summed E-state index contributed by atoms with van der Waals surface area (Å²) in [5.74, 6) is -0.239. The van der Waals surface area contributed by atoms with Gasteiger partial charge in [0, 0.05) is 16.8 Å². The Morgan fingerprint density at radius 2 is 2.03 bits per heavy atom. The average Bonchev–Trinajstić information content (AvgIpc) is 3.06. The number of carbonyl (C=O) groups excluding carboxylic acids is 1. The molecule has 1 N–H and O–H groups in total. The van der Waals surface area contributed by atoms with E-state index >= 15 is 0 Å². The Labute approximate surface area is 170 Å². The molecule has 0 aliphatic carbocycles. The third-order valence-corrected chi connectivity index (χ3v) is 6.04. The number of fused-ring (bicyclic) bond motifs is 3. The molecule has 0 saturated carbocycles. The van der Waals surface area contributed by atoms with Crippen LogP contribution in [0, 0.1) is 19.7 Å². The van der Waals surface area contributed by atoms with Gasteiger partial charge in [-0.15, -0.1) is 11.3 Å². The quantitative estimate of drug-likeness (QED) is 0.537. The first-order valence-corrected chi connectivity index (χ1v) is 10.2. The van der Waals surface area contributed by atoms with Gasteiger partial charge in [0.15, 0.2) is 0 Å². The Morgan fingerprint density at radius 3 is 2.76 bits per heavy atom. The van der Waals surface area contributed by atoms with Crippen LogP contribution in [0.5, 0.6) is 0 Å². The van der Waals surface area contributed by atoms with E-state index in [1.165, 1.54) is 22.0 Å². The summed E-state index contributed by atoms with van der Waals surface area (Å²) in [6, 6.07) is 10.5. The Bertz CT molecular complexity index is 1320. The Hall–Kier alpha value is -3.06. The zero-order valence-corrected chi connectivity index (χ0v) is 17.2. The Morgan fingerprint density at radius 1 is 1.24 bits per heavy atom. The number of aryl methyl sites for hydroxylation is 3. The lowest BCUT2D eigenvalue weighted by molar-refractivity contribution is -0.116. The number of halogens is 1. The van der Waals surface area contributed by atoms with Crippen LogP contribution in [0.25, 0.3) is 20.3 Å². The largest absolute Gasteiger partial charge is 0.324 e. The first-order valence-electron chi connectivity index (χ1n) is 9.36. The summed E-state index contributed by atoms with van der Waals surface area (Å²) in [5, 5.41) is 3.23. The van der Waals surface area contributed by atoms with Crippen molar-refractivity contribution >= 4 is 43.2 Å². The molecule has 0 spiro atoms. The minimum atomic E-state index is -0.395. The first kappa shape index (κ1) is 19.3. The molecule has 148 valence electrons. The van der Waals surface area contributed by atoms with E-state index in [0.717, 1.165) is 11.1 Å². The molecule has 0 radical (unpaired) electrons. The maximum absolute atomic E-state index is 14.3. The van der Waals surface area contributed by atoms with Gasteiger partial charge in [-0.1, -0.05) is 30.7 Å². The van der Waals surface area contributed by atoms with E-state index in [1.54, 1.807) is 12.1 Å². The lowest BCUT2D eigenvalue weighted by Crippen LogP contribution is -2.30. The van der Waals surface area contributed by atoms with E-state index < -0.39 is 5.82 Å². The summed E-state index contributed by atoms with van der Waals surface area (Å²) in [6.07, 6.45) is 0.452. The van der Waals surface area contributed by atoms with Crippen molar-refractivity contribution in [1.82, 2.24) is 9.55 Å². The summed E-state index contributed by atoms with van der Waals surface area (Å²) in [6.45, 7) is 5.62. The molecule has 0 bridgehead atoms. The molecule has 4 rings (SSSR count). The van der Waals surface area contributed by atoms with Gasteiger partial charge in [0.2, 0.25) is 5.91 Å². The van der Waals surface area contributed by atoms with Gasteiger partial charge in [-0.25, -0.2) is 9.37 Å². The Kier molecular flexibility index (Phi) is 4.92. The summed E-state index contributed by atoms with van der Waals surface area (Å²) in [5.41, 5.74) is 2.83. The van der Waals surface area contributed by atoms with Gasteiger partial charge in [-0.05, 0) is 37.6 Å². The van der Waals surface area contributed by atoms with Crippen LogP contribution in [0.4, 0.5) is 10.1 Å². The zero-order chi connectivity index (χ0) is 20.7. The van der Waals surface area contributed by atoms with Crippen molar-refractivity contribution in [1.29, 1.82) is 0 Å². The van der Waals surface area contributed by atoms with E-state index in [-0.39, 0.29) is 18.0 Å². The van der Waals surface area contributed by atoms with Gasteiger partial charge in [0.05, 0.1) is 10.9 Å². The average molecular weight is 409 g/mol. The normalized spacial score (nSPS) is 11.3. The standard InChI is InChI=1S/C22H20FN3O2S/c1-4-17-25-20-19-14(23)6-5-7-16(19)29-21(20)22(28)26(17)11-18(27)24-15-9-8-12(2)10-13(15)3/h5-10H,4,11H2,1-3H3,(H,24,27). The van der Waals surface area contributed by atoms with E-state index in [9.17, 15) is 14.0 Å². The van der Waals surface area contributed by atoms with E-state index in [2.05, 4.69) is 10.3 Å². The molecule has 0 atom stereocenters. The van der Waals surface area contributed by atoms with E-state index in [4.69, 9.17) is 0 Å². The third-order valence-electron chi connectivity index (χ3n) is 4.91. The molecule has 2 aromatic heterocycles. The molecule has 0 fully saturated rings. The first-order chi connectivity index (χ1) is 13.9. The summed E-state index contributed by atoms with van der Waals surface area (Å²) >= 11 is 1.20. The second-order valence-electron chi connectivity index (χ2n) is 7.03. The number of hydrogen-bond acceptors (Lipinski definition) is 4. The van der Waals surface area contributed by atoms with Crippen LogP contribution in [0.2, 0.25) is 0 Å². The minimum absolute atomic E-state index is 0.144. The summed E-state index contributed by atoms with van der Waals surface area (Å²) in [7, 11) is 0. The number of carbonyl (C=O) groups is 1. The second kappa shape index (κ2) is 7.40. The predicted octanol–water partition coefficient (Wildman–Crippen LogP) is 4.57. The van der Waals surface area contributed by atoms with Crippen molar-refractivity contribution in [3.63, 3.8) is 0 Å². The highest BCUT2D eigenvalue weighted by Crippen LogP contribution is 2.32. The van der Waals surface area contributed by atoms with Gasteiger partial charge in [-0.3, -0.25) is 14.2 Å². The van der Waals surface area contributed by atoms with Gasteiger partial charge in [0.1, 0.15) is 22.9 Å². The number of nitrogens with zero attached hydrogens (tertiary/aromatic N) is 2.